The quantitative estimate of drug-likeness (QED) is 0.377. The molecule has 0 aromatic heterocycles. The Bertz CT molecular complexity index is 440. The van der Waals surface area contributed by atoms with E-state index >= 15 is 0 Å². The molecule has 1 saturated carbocycles. The Morgan fingerprint density at radius 2 is 1.95 bits per heavy atom. The van der Waals surface area contributed by atoms with Crippen LogP contribution in [0.15, 0.2) is 42.0 Å². The molecule has 0 aromatic carbocycles. The van der Waals surface area contributed by atoms with Crippen LogP contribution < -0.4 is 24.8 Å². The Labute approximate surface area is 168 Å². The van der Waals surface area contributed by atoms with Gasteiger partial charge in [0.05, 0.1) is 0 Å². The van der Waals surface area contributed by atoms with E-state index in [0.717, 1.165) is 12.3 Å². The summed E-state index contributed by atoms with van der Waals surface area (Å²) in [5.74, 6) is 0.917. The van der Waals surface area contributed by atoms with Gasteiger partial charge in [-0.25, -0.2) is 29.3 Å². The molecule has 4 heteroatoms. The molecule has 4 rings (SSSR count). The van der Waals surface area contributed by atoms with Crippen LogP contribution in [0.5, 0.6) is 0 Å². The summed E-state index contributed by atoms with van der Waals surface area (Å²) in [7, 11) is -0.857. The largest absolute Gasteiger partial charge is 4.00 e. The van der Waals surface area contributed by atoms with E-state index in [1.54, 1.807) is 17.7 Å². The molecular weight excluding hydrogens is 406 g/mol. The SMILES string of the molecule is C[Si]1([C-]2CCC3CC=CC=C23)CCC1.[C-]1=CC=CC1.[Cl-].[Cl-].[Zr+4]. The van der Waals surface area contributed by atoms with Gasteiger partial charge in [-0.15, -0.1) is 18.6 Å². The molecule has 0 N–H and O–H groups in total. The Morgan fingerprint density at radius 3 is 2.45 bits per heavy atom. The maximum absolute atomic E-state index is 2.99. The van der Waals surface area contributed by atoms with Crippen LogP contribution in [0.2, 0.25) is 18.6 Å². The van der Waals surface area contributed by atoms with Crippen LogP contribution in [0, 0.1) is 17.5 Å². The second-order valence-electron chi connectivity index (χ2n) is 6.42. The normalized spacial score (nSPS) is 25.4. The average Bonchev–Trinajstić information content (AvgIpc) is 3.08. The average molecular weight is 431 g/mol. The van der Waals surface area contributed by atoms with Crippen LogP contribution in [-0.2, 0) is 26.2 Å². The smallest absolute Gasteiger partial charge is 1.00 e. The van der Waals surface area contributed by atoms with E-state index in [1.807, 2.05) is 17.7 Å². The van der Waals surface area contributed by atoms with E-state index in [1.165, 1.54) is 25.7 Å². The monoisotopic (exact) mass is 428 g/mol. The molecule has 0 amide bonds. The molecule has 2 fully saturated rings. The van der Waals surface area contributed by atoms with Crippen LogP contribution in [0.3, 0.4) is 0 Å². The predicted octanol–water partition coefficient (Wildman–Crippen LogP) is -0.810. The zero-order chi connectivity index (χ0) is 13.1. The first-order chi connectivity index (χ1) is 9.30. The van der Waals surface area contributed by atoms with Crippen molar-refractivity contribution in [3.63, 3.8) is 0 Å². The first kappa shape index (κ1) is 22.5. The molecule has 0 spiro atoms. The third kappa shape index (κ3) is 5.00. The molecular formula is C18H24Cl2SiZr. The minimum absolute atomic E-state index is 0. The van der Waals surface area contributed by atoms with Gasteiger partial charge in [-0.1, -0.05) is 37.9 Å². The molecule has 1 unspecified atom stereocenters. The fourth-order valence-electron chi connectivity index (χ4n) is 3.76. The van der Waals surface area contributed by atoms with Crippen molar-refractivity contribution in [2.45, 2.75) is 50.7 Å². The van der Waals surface area contributed by atoms with Gasteiger partial charge in [-0.2, -0.15) is 6.08 Å². The van der Waals surface area contributed by atoms with Crippen LogP contribution in [0.1, 0.15) is 32.1 Å². The number of rotatable bonds is 1. The zero-order valence-corrected chi connectivity index (χ0v) is 18.2. The van der Waals surface area contributed by atoms with Gasteiger partial charge in [-0.05, 0) is 20.4 Å². The molecule has 0 aromatic rings. The van der Waals surface area contributed by atoms with Crippen LogP contribution in [-0.4, -0.2) is 8.07 Å². The van der Waals surface area contributed by atoms with Crippen molar-refractivity contribution in [1.82, 2.24) is 0 Å². The third-order valence-electron chi connectivity index (χ3n) is 5.14. The summed E-state index contributed by atoms with van der Waals surface area (Å²) in [6, 6.07) is 3.16. The molecule has 1 saturated heterocycles. The van der Waals surface area contributed by atoms with E-state index < -0.39 is 8.07 Å². The summed E-state index contributed by atoms with van der Waals surface area (Å²) in [5.41, 5.74) is 3.74. The Hall–Kier alpha value is 0.510. The summed E-state index contributed by atoms with van der Waals surface area (Å²) < 4.78 is 0. The minimum Gasteiger partial charge on any atom is -1.00 e. The van der Waals surface area contributed by atoms with Crippen molar-refractivity contribution < 1.29 is 51.0 Å². The molecule has 118 valence electrons. The van der Waals surface area contributed by atoms with Gasteiger partial charge in [0.15, 0.2) is 0 Å². The fraction of sp³-hybridized carbons (Fsp3) is 0.500. The first-order valence-corrected chi connectivity index (χ1v) is 10.7. The predicted molar refractivity (Wildman–Crippen MR) is 85.2 cm³/mol. The Morgan fingerprint density at radius 1 is 1.18 bits per heavy atom. The second-order valence-corrected chi connectivity index (χ2v) is 11.1. The van der Waals surface area contributed by atoms with Crippen LogP contribution in [0.25, 0.3) is 0 Å². The topological polar surface area (TPSA) is 0 Å². The third-order valence-corrected chi connectivity index (χ3v) is 10.0. The van der Waals surface area contributed by atoms with Crippen LogP contribution in [0.4, 0.5) is 0 Å². The summed E-state index contributed by atoms with van der Waals surface area (Å²) in [4.78, 5) is 0. The molecule has 0 radical (unpaired) electrons. The molecule has 4 aliphatic rings. The van der Waals surface area contributed by atoms with E-state index in [-0.39, 0.29) is 51.0 Å². The molecule has 1 heterocycles. The summed E-state index contributed by atoms with van der Waals surface area (Å²) >= 11 is 0. The molecule has 3 aliphatic carbocycles. The van der Waals surface area contributed by atoms with Crippen molar-refractivity contribution in [3.8, 4) is 0 Å². The second kappa shape index (κ2) is 10.4. The van der Waals surface area contributed by atoms with Gasteiger partial charge >= 0.3 is 26.2 Å². The van der Waals surface area contributed by atoms with E-state index in [9.17, 15) is 0 Å². The summed E-state index contributed by atoms with van der Waals surface area (Å²) in [5, 5.41) is 0. The van der Waals surface area contributed by atoms with Crippen molar-refractivity contribution in [1.29, 1.82) is 0 Å². The van der Waals surface area contributed by atoms with E-state index in [0.29, 0.717) is 0 Å². The maximum atomic E-state index is 2.99. The minimum atomic E-state index is -0.857. The molecule has 22 heavy (non-hydrogen) atoms. The van der Waals surface area contributed by atoms with Gasteiger partial charge in [0.2, 0.25) is 0 Å². The number of halogens is 2. The van der Waals surface area contributed by atoms with Gasteiger partial charge in [0, 0.05) is 0 Å². The molecule has 1 aliphatic heterocycles. The molecule has 0 nitrogen and oxygen atoms in total. The molecule has 0 bridgehead atoms. The van der Waals surface area contributed by atoms with E-state index in [4.69, 9.17) is 0 Å². The Kier molecular flexibility index (Phi) is 10.6. The number of hydrogen-bond acceptors (Lipinski definition) is 0. The fourth-order valence-corrected chi connectivity index (χ4v) is 7.51. The van der Waals surface area contributed by atoms with Gasteiger partial charge in [0.25, 0.3) is 0 Å². The standard InChI is InChI=1S/C13H19Si.C5H5.2ClH.Zr/c1-14(9-4-10-14)13-8-7-11-5-2-3-6-12(11)13;1-2-4-5-3-1;;;/h2-3,6,11H,4-5,7-10H2,1H3;1-3H,4H2;2*1H;/q2*-1;;;+4/p-2. The van der Waals surface area contributed by atoms with Crippen molar-refractivity contribution in [2.75, 3.05) is 0 Å². The van der Waals surface area contributed by atoms with Crippen molar-refractivity contribution in [3.05, 3.63) is 53.6 Å². The van der Waals surface area contributed by atoms with Gasteiger partial charge in [-0.3, -0.25) is 6.08 Å². The molecule has 1 atom stereocenters. The number of allylic oxidation sites excluding steroid dienone is 8. The summed E-state index contributed by atoms with van der Waals surface area (Å²) in [6.45, 7) is 2.62. The number of hydrogen-bond donors (Lipinski definition) is 0. The maximum Gasteiger partial charge on any atom is 4.00 e. The van der Waals surface area contributed by atoms with Gasteiger partial charge in [0.1, 0.15) is 0 Å². The summed E-state index contributed by atoms with van der Waals surface area (Å²) in [6.07, 6.45) is 22.8. The zero-order valence-electron chi connectivity index (χ0n) is 13.2. The first-order valence-electron chi connectivity index (χ1n) is 7.75. The van der Waals surface area contributed by atoms with Crippen molar-refractivity contribution >= 4 is 8.07 Å². The van der Waals surface area contributed by atoms with Crippen LogP contribution >= 0.6 is 0 Å². The van der Waals surface area contributed by atoms with Gasteiger partial charge < -0.3 is 24.8 Å². The number of fused-ring (bicyclic) bond motifs is 1. The van der Waals surface area contributed by atoms with E-state index in [2.05, 4.69) is 36.9 Å². The Balaban J connectivity index is 0.000000482. The van der Waals surface area contributed by atoms with Crippen molar-refractivity contribution in [2.24, 2.45) is 5.92 Å².